The summed E-state index contributed by atoms with van der Waals surface area (Å²) in [6.45, 7) is 4.94. The van der Waals surface area contributed by atoms with E-state index in [9.17, 15) is 0 Å². The summed E-state index contributed by atoms with van der Waals surface area (Å²) in [5.41, 5.74) is 0. The summed E-state index contributed by atoms with van der Waals surface area (Å²) in [6, 6.07) is 0.382. The molecule has 1 aromatic rings. The average Bonchev–Trinajstić information content (AvgIpc) is 2.62. The van der Waals surface area contributed by atoms with Gasteiger partial charge in [0.15, 0.2) is 0 Å². The Labute approximate surface area is 88.9 Å². The molecule has 0 aliphatic carbocycles. The van der Waals surface area contributed by atoms with Crippen LogP contribution in [0.3, 0.4) is 0 Å². The van der Waals surface area contributed by atoms with Crippen LogP contribution in [0.25, 0.3) is 0 Å². The third-order valence-electron chi connectivity index (χ3n) is 1.91. The Balaban J connectivity index is 2.35. The summed E-state index contributed by atoms with van der Waals surface area (Å²) in [5.74, 6) is 0.913. The fraction of sp³-hybridized carbons (Fsp3) is 0.778. The Bertz CT molecular complexity index is 264. The van der Waals surface area contributed by atoms with Gasteiger partial charge in [0.25, 0.3) is 0 Å². The van der Waals surface area contributed by atoms with Crippen LogP contribution in [0.15, 0.2) is 0 Å². The van der Waals surface area contributed by atoms with E-state index in [2.05, 4.69) is 28.5 Å². The third kappa shape index (κ3) is 3.59. The van der Waals surface area contributed by atoms with Crippen molar-refractivity contribution in [1.82, 2.24) is 9.36 Å². The molecular formula is C9H17N3OS. The zero-order valence-corrected chi connectivity index (χ0v) is 9.73. The van der Waals surface area contributed by atoms with E-state index in [1.807, 2.05) is 0 Å². The van der Waals surface area contributed by atoms with Gasteiger partial charge in [-0.05, 0) is 13.3 Å². The maximum atomic E-state index is 5.00. The van der Waals surface area contributed by atoms with E-state index in [1.165, 1.54) is 11.5 Å². The minimum Gasteiger partial charge on any atom is -0.385 e. The molecule has 1 atom stereocenters. The molecule has 0 saturated carbocycles. The average molecular weight is 215 g/mol. The predicted octanol–water partition coefficient (Wildman–Crippen LogP) is 1.94. The highest BCUT2D eigenvalue weighted by Crippen LogP contribution is 2.13. The van der Waals surface area contributed by atoms with Gasteiger partial charge in [-0.25, -0.2) is 4.98 Å². The lowest BCUT2D eigenvalue weighted by Gasteiger charge is -2.10. The lowest BCUT2D eigenvalue weighted by Crippen LogP contribution is -2.16. The number of rotatable bonds is 6. The predicted molar refractivity (Wildman–Crippen MR) is 58.9 cm³/mol. The topological polar surface area (TPSA) is 47.0 Å². The van der Waals surface area contributed by atoms with Gasteiger partial charge in [-0.1, -0.05) is 6.92 Å². The molecule has 0 spiro atoms. The van der Waals surface area contributed by atoms with Crippen LogP contribution >= 0.6 is 11.5 Å². The molecule has 1 rings (SSSR count). The van der Waals surface area contributed by atoms with E-state index in [-0.39, 0.29) is 0 Å². The smallest absolute Gasteiger partial charge is 0.202 e. The van der Waals surface area contributed by atoms with Gasteiger partial charge in [0.2, 0.25) is 5.13 Å². The van der Waals surface area contributed by atoms with Crippen LogP contribution in [-0.2, 0) is 11.2 Å². The first-order valence-corrected chi connectivity index (χ1v) is 5.61. The highest BCUT2D eigenvalue weighted by molar-refractivity contribution is 7.09. The van der Waals surface area contributed by atoms with E-state index >= 15 is 0 Å². The van der Waals surface area contributed by atoms with Crippen LogP contribution in [0, 0.1) is 0 Å². The van der Waals surface area contributed by atoms with Crippen molar-refractivity contribution in [3.63, 3.8) is 0 Å². The summed E-state index contributed by atoms with van der Waals surface area (Å²) in [6.07, 6.45) is 1.88. The molecule has 1 aromatic heterocycles. The van der Waals surface area contributed by atoms with E-state index in [1.54, 1.807) is 7.11 Å². The first kappa shape index (κ1) is 11.4. The first-order chi connectivity index (χ1) is 6.76. The summed E-state index contributed by atoms with van der Waals surface area (Å²) >= 11 is 1.42. The maximum Gasteiger partial charge on any atom is 0.202 e. The van der Waals surface area contributed by atoms with Crippen molar-refractivity contribution in [1.29, 1.82) is 0 Å². The molecule has 0 aliphatic heterocycles. The maximum absolute atomic E-state index is 5.00. The zero-order valence-electron chi connectivity index (χ0n) is 8.91. The van der Waals surface area contributed by atoms with Crippen molar-refractivity contribution in [2.75, 3.05) is 19.0 Å². The molecule has 4 nitrogen and oxygen atoms in total. The Morgan fingerprint density at radius 1 is 1.57 bits per heavy atom. The summed E-state index contributed by atoms with van der Waals surface area (Å²) < 4.78 is 9.21. The molecule has 80 valence electrons. The largest absolute Gasteiger partial charge is 0.385 e. The number of anilines is 1. The van der Waals surface area contributed by atoms with Crippen molar-refractivity contribution in [3.8, 4) is 0 Å². The van der Waals surface area contributed by atoms with Gasteiger partial charge in [-0.3, -0.25) is 0 Å². The minimum absolute atomic E-state index is 0.382. The molecule has 0 fully saturated rings. The number of nitrogens with zero attached hydrogens (tertiary/aromatic N) is 2. The zero-order chi connectivity index (χ0) is 10.4. The van der Waals surface area contributed by atoms with Gasteiger partial charge in [0, 0.05) is 37.7 Å². The number of aromatic nitrogens is 2. The summed E-state index contributed by atoms with van der Waals surface area (Å²) in [4.78, 5) is 4.33. The molecule has 0 radical (unpaired) electrons. The molecular weight excluding hydrogens is 198 g/mol. The SMILES string of the molecule is CCc1nsc(NC(C)CCOC)n1. The number of ether oxygens (including phenoxy) is 1. The van der Waals surface area contributed by atoms with Gasteiger partial charge < -0.3 is 10.1 Å². The van der Waals surface area contributed by atoms with Crippen molar-refractivity contribution in [2.24, 2.45) is 0 Å². The fourth-order valence-corrected chi connectivity index (χ4v) is 1.80. The second-order valence-electron chi connectivity index (χ2n) is 3.20. The molecule has 5 heteroatoms. The minimum atomic E-state index is 0.382. The Hall–Kier alpha value is -0.680. The van der Waals surface area contributed by atoms with Crippen LogP contribution < -0.4 is 5.32 Å². The van der Waals surface area contributed by atoms with Crippen LogP contribution in [-0.4, -0.2) is 29.1 Å². The highest BCUT2D eigenvalue weighted by atomic mass is 32.1. The lowest BCUT2D eigenvalue weighted by molar-refractivity contribution is 0.191. The Morgan fingerprint density at radius 3 is 2.93 bits per heavy atom. The van der Waals surface area contributed by atoms with Crippen LogP contribution in [0.1, 0.15) is 26.1 Å². The van der Waals surface area contributed by atoms with E-state index in [0.29, 0.717) is 6.04 Å². The van der Waals surface area contributed by atoms with Gasteiger partial charge in [0.05, 0.1) is 0 Å². The number of nitrogens with one attached hydrogen (secondary N) is 1. The first-order valence-electron chi connectivity index (χ1n) is 4.84. The van der Waals surface area contributed by atoms with E-state index < -0.39 is 0 Å². The van der Waals surface area contributed by atoms with Gasteiger partial charge in [-0.15, -0.1) is 0 Å². The molecule has 14 heavy (non-hydrogen) atoms. The van der Waals surface area contributed by atoms with Gasteiger partial charge in [0.1, 0.15) is 5.82 Å². The Kier molecular flexibility index (Phi) is 4.82. The summed E-state index contributed by atoms with van der Waals surface area (Å²) in [7, 11) is 1.72. The van der Waals surface area contributed by atoms with E-state index in [4.69, 9.17) is 4.74 Å². The second kappa shape index (κ2) is 5.93. The highest BCUT2D eigenvalue weighted by Gasteiger charge is 2.05. The number of hydrogen-bond acceptors (Lipinski definition) is 5. The molecule has 1 heterocycles. The number of aryl methyl sites for hydroxylation is 1. The van der Waals surface area contributed by atoms with Crippen LogP contribution in [0.4, 0.5) is 5.13 Å². The quantitative estimate of drug-likeness (QED) is 0.787. The normalized spacial score (nSPS) is 12.8. The molecule has 0 saturated heterocycles. The van der Waals surface area contributed by atoms with Gasteiger partial charge in [-0.2, -0.15) is 4.37 Å². The van der Waals surface area contributed by atoms with E-state index in [0.717, 1.165) is 30.4 Å². The molecule has 0 bridgehead atoms. The molecule has 1 N–H and O–H groups in total. The van der Waals surface area contributed by atoms with Gasteiger partial charge >= 0.3 is 0 Å². The number of hydrogen-bond donors (Lipinski definition) is 1. The molecule has 0 amide bonds. The molecule has 0 aromatic carbocycles. The van der Waals surface area contributed by atoms with Crippen LogP contribution in [0.5, 0.6) is 0 Å². The molecule has 1 unspecified atom stereocenters. The lowest BCUT2D eigenvalue weighted by atomic mass is 10.2. The van der Waals surface area contributed by atoms with Crippen molar-refractivity contribution in [2.45, 2.75) is 32.7 Å². The number of methoxy groups -OCH3 is 1. The fourth-order valence-electron chi connectivity index (χ4n) is 1.03. The molecule has 0 aliphatic rings. The monoisotopic (exact) mass is 215 g/mol. The summed E-state index contributed by atoms with van der Waals surface area (Å²) in [5, 5.41) is 4.20. The second-order valence-corrected chi connectivity index (χ2v) is 3.95. The van der Waals surface area contributed by atoms with Crippen molar-refractivity contribution in [3.05, 3.63) is 5.82 Å². The Morgan fingerprint density at radius 2 is 2.36 bits per heavy atom. The van der Waals surface area contributed by atoms with Crippen molar-refractivity contribution >= 4 is 16.7 Å². The van der Waals surface area contributed by atoms with Crippen molar-refractivity contribution < 1.29 is 4.74 Å². The van der Waals surface area contributed by atoms with Crippen LogP contribution in [0.2, 0.25) is 0 Å². The third-order valence-corrected chi connectivity index (χ3v) is 2.59. The standard InChI is InChI=1S/C9H17N3OS/c1-4-8-11-9(14-12-8)10-7(2)5-6-13-3/h7H,4-6H2,1-3H3,(H,10,11,12).